The Bertz CT molecular complexity index is 1180. The number of likely N-dealkylation sites (N-methyl/N-ethyl adjacent to an activating group) is 1. The van der Waals surface area contributed by atoms with Gasteiger partial charge in [-0.15, -0.1) is 0 Å². The van der Waals surface area contributed by atoms with Gasteiger partial charge in [-0.05, 0) is 43.4 Å². The zero-order valence-electron chi connectivity index (χ0n) is 20.8. The van der Waals surface area contributed by atoms with E-state index in [1.54, 1.807) is 29.2 Å². The second kappa shape index (κ2) is 11.4. The molecule has 0 aliphatic carbocycles. The van der Waals surface area contributed by atoms with Crippen molar-refractivity contribution in [3.8, 4) is 0 Å². The fraction of sp³-hybridized carbons (Fsp3) is 0.346. The van der Waals surface area contributed by atoms with Gasteiger partial charge in [-0.1, -0.05) is 18.2 Å². The minimum absolute atomic E-state index is 0.00244. The number of carbonyl (C=O) groups is 2. The first-order valence-electron chi connectivity index (χ1n) is 12.3. The van der Waals surface area contributed by atoms with E-state index in [9.17, 15) is 9.59 Å². The van der Waals surface area contributed by atoms with Crippen molar-refractivity contribution < 1.29 is 14.3 Å². The summed E-state index contributed by atoms with van der Waals surface area (Å²) in [6.07, 6.45) is 2.74. The third-order valence-electron chi connectivity index (χ3n) is 6.49. The summed E-state index contributed by atoms with van der Waals surface area (Å²) in [6.45, 7) is 5.12. The van der Waals surface area contributed by atoms with E-state index in [2.05, 4.69) is 26.9 Å². The fourth-order valence-electron chi connectivity index (χ4n) is 4.42. The highest BCUT2D eigenvalue weighted by Crippen LogP contribution is 2.29. The lowest BCUT2D eigenvalue weighted by Crippen LogP contribution is -2.56. The molecule has 2 aliphatic rings. The van der Waals surface area contributed by atoms with Crippen molar-refractivity contribution in [3.05, 3.63) is 72.8 Å². The van der Waals surface area contributed by atoms with Crippen LogP contribution in [0.4, 0.5) is 22.1 Å². The Hall–Kier alpha value is -3.93. The minimum Gasteiger partial charge on any atom is -0.379 e. The van der Waals surface area contributed by atoms with Gasteiger partial charge in [-0.2, -0.15) is 15.0 Å². The normalized spacial score (nSPS) is 16.8. The number of anilines is 3. The second-order valence-corrected chi connectivity index (χ2v) is 8.91. The van der Waals surface area contributed by atoms with Crippen LogP contribution in [0.1, 0.15) is 10.4 Å². The maximum atomic E-state index is 14.2. The number of hydrazine groups is 1. The van der Waals surface area contributed by atoms with Gasteiger partial charge < -0.3 is 14.5 Å². The van der Waals surface area contributed by atoms with Gasteiger partial charge >= 0.3 is 6.03 Å². The van der Waals surface area contributed by atoms with Crippen LogP contribution < -0.4 is 9.91 Å². The number of benzene rings is 2. The van der Waals surface area contributed by atoms with Crippen molar-refractivity contribution >= 4 is 29.3 Å². The smallest absolute Gasteiger partial charge is 0.351 e. The Labute approximate surface area is 215 Å². The summed E-state index contributed by atoms with van der Waals surface area (Å²) in [6, 6.07) is 16.2. The quantitative estimate of drug-likeness (QED) is 0.524. The molecule has 3 amide bonds. The average Bonchev–Trinajstić information content (AvgIpc) is 2.95. The Morgan fingerprint density at radius 2 is 1.43 bits per heavy atom. The summed E-state index contributed by atoms with van der Waals surface area (Å²) in [4.78, 5) is 45.4. The molecule has 2 saturated heterocycles. The topological polar surface area (TPSA) is 98.2 Å². The zero-order chi connectivity index (χ0) is 25.6. The molecular weight excluding hydrogens is 472 g/mol. The number of ether oxygens (including phenoxy) is 1. The Balaban J connectivity index is 1.47. The largest absolute Gasteiger partial charge is 0.379 e. The molecule has 11 heteroatoms. The molecule has 2 fully saturated rings. The maximum Gasteiger partial charge on any atom is 0.351 e. The first kappa shape index (κ1) is 24.8. The molecule has 3 heterocycles. The molecule has 5 rings (SSSR count). The number of piperazine rings is 1. The Kier molecular flexibility index (Phi) is 7.64. The van der Waals surface area contributed by atoms with Gasteiger partial charge in [0.05, 0.1) is 24.6 Å². The lowest BCUT2D eigenvalue weighted by atomic mass is 10.1. The highest BCUT2D eigenvalue weighted by atomic mass is 16.5. The first-order chi connectivity index (χ1) is 18.1. The number of urea groups is 1. The van der Waals surface area contributed by atoms with Crippen LogP contribution in [0, 0.1) is 0 Å². The predicted molar refractivity (Wildman–Crippen MR) is 139 cm³/mol. The average molecular weight is 503 g/mol. The number of rotatable bonds is 5. The summed E-state index contributed by atoms with van der Waals surface area (Å²) in [5.41, 5.74) is 1.90. The van der Waals surface area contributed by atoms with Crippen LogP contribution in [0.2, 0.25) is 0 Å². The number of nitrogens with zero attached hydrogens (tertiary/aromatic N) is 8. The van der Waals surface area contributed by atoms with Crippen LogP contribution in [0.5, 0.6) is 0 Å². The number of aromatic nitrogens is 3. The molecule has 0 N–H and O–H groups in total. The Morgan fingerprint density at radius 1 is 0.811 bits per heavy atom. The molecule has 37 heavy (non-hydrogen) atoms. The molecule has 192 valence electrons. The third kappa shape index (κ3) is 5.58. The second-order valence-electron chi connectivity index (χ2n) is 8.91. The van der Waals surface area contributed by atoms with Crippen LogP contribution in [0.15, 0.2) is 67.3 Å². The van der Waals surface area contributed by atoms with E-state index in [0.717, 1.165) is 13.1 Å². The van der Waals surface area contributed by atoms with Gasteiger partial charge in [0.2, 0.25) is 0 Å². The van der Waals surface area contributed by atoms with E-state index in [0.29, 0.717) is 56.3 Å². The van der Waals surface area contributed by atoms with E-state index in [4.69, 9.17) is 4.74 Å². The van der Waals surface area contributed by atoms with E-state index in [1.807, 2.05) is 40.2 Å². The van der Waals surface area contributed by atoms with Crippen LogP contribution >= 0.6 is 0 Å². The van der Waals surface area contributed by atoms with Crippen molar-refractivity contribution in [2.24, 2.45) is 0 Å². The van der Waals surface area contributed by atoms with Gasteiger partial charge in [0.15, 0.2) is 0 Å². The van der Waals surface area contributed by atoms with Gasteiger partial charge in [0, 0.05) is 44.8 Å². The van der Waals surface area contributed by atoms with Crippen LogP contribution in [0.25, 0.3) is 0 Å². The fourth-order valence-corrected chi connectivity index (χ4v) is 4.42. The molecule has 0 spiro atoms. The molecule has 0 radical (unpaired) electrons. The minimum atomic E-state index is -0.350. The Morgan fingerprint density at radius 3 is 2.08 bits per heavy atom. The van der Waals surface area contributed by atoms with E-state index >= 15 is 0 Å². The summed E-state index contributed by atoms with van der Waals surface area (Å²) >= 11 is 0. The van der Waals surface area contributed by atoms with Crippen molar-refractivity contribution in [1.29, 1.82) is 0 Å². The highest BCUT2D eigenvalue weighted by molar-refractivity contribution is 6.07. The van der Waals surface area contributed by atoms with E-state index in [-0.39, 0.29) is 17.9 Å². The van der Waals surface area contributed by atoms with Crippen LogP contribution in [-0.4, -0.2) is 101 Å². The van der Waals surface area contributed by atoms with Crippen molar-refractivity contribution in [1.82, 2.24) is 29.8 Å². The molecule has 1 aromatic heterocycles. The number of para-hydroxylation sites is 1. The zero-order valence-corrected chi connectivity index (χ0v) is 20.8. The van der Waals surface area contributed by atoms with Crippen LogP contribution in [-0.2, 0) is 4.74 Å². The summed E-state index contributed by atoms with van der Waals surface area (Å²) in [7, 11) is 2.06. The first-order valence-corrected chi connectivity index (χ1v) is 12.3. The monoisotopic (exact) mass is 502 g/mol. The summed E-state index contributed by atoms with van der Waals surface area (Å²) < 4.78 is 5.50. The third-order valence-corrected chi connectivity index (χ3v) is 6.49. The molecule has 2 aliphatic heterocycles. The SMILES string of the molecule is CN1CCN(C(=O)c2ccc(N(C(=O)N(c3ncncn3)N3CCOCC3)c3ccccc3)cc2)CC1. The van der Waals surface area contributed by atoms with Gasteiger partial charge in [0.1, 0.15) is 12.7 Å². The lowest BCUT2D eigenvalue weighted by molar-refractivity contribution is 0.0357. The summed E-state index contributed by atoms with van der Waals surface area (Å²) in [5.74, 6) is 0.224. The highest BCUT2D eigenvalue weighted by Gasteiger charge is 2.33. The number of morpholine rings is 1. The molecule has 0 saturated carbocycles. The number of hydrogen-bond donors (Lipinski definition) is 0. The van der Waals surface area contributed by atoms with Crippen LogP contribution in [0.3, 0.4) is 0 Å². The molecule has 2 aromatic carbocycles. The standard InChI is InChI=1S/C26H30N8O3/c1-30-11-13-31(14-12-30)24(35)21-7-9-23(10-8-21)33(22-5-3-2-4-6-22)26(36)34(25-28-19-27-20-29-25)32-15-17-37-18-16-32/h2-10,19-20H,11-18H2,1H3. The lowest BCUT2D eigenvalue weighted by Gasteiger charge is -2.38. The maximum absolute atomic E-state index is 14.2. The number of carbonyl (C=O) groups excluding carboxylic acids is 2. The molecule has 0 unspecified atom stereocenters. The molecule has 0 atom stereocenters. The molecule has 3 aromatic rings. The summed E-state index contributed by atoms with van der Waals surface area (Å²) in [5, 5.41) is 3.35. The number of hydrogen-bond acceptors (Lipinski definition) is 8. The molecular formula is C26H30N8O3. The predicted octanol–water partition coefficient (Wildman–Crippen LogP) is 2.27. The van der Waals surface area contributed by atoms with Gasteiger partial charge in [-0.25, -0.2) is 14.8 Å². The van der Waals surface area contributed by atoms with Crippen molar-refractivity contribution in [3.63, 3.8) is 0 Å². The van der Waals surface area contributed by atoms with Crippen molar-refractivity contribution in [2.45, 2.75) is 0 Å². The number of amides is 3. The van der Waals surface area contributed by atoms with Crippen molar-refractivity contribution in [2.75, 3.05) is 69.4 Å². The van der Waals surface area contributed by atoms with E-state index < -0.39 is 0 Å². The van der Waals surface area contributed by atoms with Gasteiger partial charge in [-0.3, -0.25) is 9.69 Å². The molecule has 11 nitrogen and oxygen atoms in total. The molecule has 0 bridgehead atoms. The van der Waals surface area contributed by atoms with Gasteiger partial charge in [0.25, 0.3) is 11.9 Å². The van der Waals surface area contributed by atoms with E-state index in [1.165, 1.54) is 17.7 Å².